The number of aromatic nitrogens is 4. The van der Waals surface area contributed by atoms with Crippen LogP contribution in [0.3, 0.4) is 0 Å². The van der Waals surface area contributed by atoms with E-state index in [1.165, 1.54) is 0 Å². The van der Waals surface area contributed by atoms with E-state index in [2.05, 4.69) is 36.3 Å². The lowest BCUT2D eigenvalue weighted by Gasteiger charge is -2.07. The Morgan fingerprint density at radius 3 is 2.85 bits per heavy atom. The van der Waals surface area contributed by atoms with E-state index >= 15 is 0 Å². The van der Waals surface area contributed by atoms with Crippen LogP contribution in [0.4, 0.5) is 0 Å². The molecule has 1 radical (unpaired) electrons. The maximum atomic E-state index is 4.01. The van der Waals surface area contributed by atoms with Gasteiger partial charge in [0.05, 0.1) is 6.54 Å². The van der Waals surface area contributed by atoms with Crippen molar-refractivity contribution in [3.63, 3.8) is 0 Å². The number of tetrazole rings is 1. The minimum absolute atomic E-state index is 0.433. The monoisotopic (exact) mass is 181 g/mol. The summed E-state index contributed by atoms with van der Waals surface area (Å²) in [7, 11) is 0. The molecule has 4 nitrogen and oxygen atoms in total. The highest BCUT2D eigenvalue weighted by Gasteiger charge is 2.11. The Hall–Kier alpha value is -0.930. The molecule has 73 valence electrons. The van der Waals surface area contributed by atoms with Gasteiger partial charge in [-0.15, -0.1) is 5.10 Å². The van der Waals surface area contributed by atoms with E-state index in [1.807, 2.05) is 6.54 Å². The third-order valence-corrected chi connectivity index (χ3v) is 2.16. The van der Waals surface area contributed by atoms with E-state index < -0.39 is 0 Å². The maximum Gasteiger partial charge on any atom is 0.154 e. The van der Waals surface area contributed by atoms with Crippen LogP contribution in [0.2, 0.25) is 0 Å². The van der Waals surface area contributed by atoms with E-state index in [9.17, 15) is 0 Å². The van der Waals surface area contributed by atoms with Crippen LogP contribution < -0.4 is 0 Å². The van der Waals surface area contributed by atoms with Gasteiger partial charge in [0.2, 0.25) is 0 Å². The van der Waals surface area contributed by atoms with Gasteiger partial charge < -0.3 is 0 Å². The zero-order valence-electron chi connectivity index (χ0n) is 8.56. The van der Waals surface area contributed by atoms with Crippen molar-refractivity contribution in [3.05, 3.63) is 12.4 Å². The first-order valence-electron chi connectivity index (χ1n) is 4.90. The molecule has 0 saturated heterocycles. The maximum absolute atomic E-state index is 4.01. The number of nitrogens with zero attached hydrogens (tertiary/aromatic N) is 4. The Labute approximate surface area is 79.3 Å². The van der Waals surface area contributed by atoms with Crippen molar-refractivity contribution in [1.82, 2.24) is 20.2 Å². The van der Waals surface area contributed by atoms with Gasteiger partial charge in [-0.1, -0.05) is 27.2 Å². The lowest BCUT2D eigenvalue weighted by atomic mass is 10.1. The van der Waals surface area contributed by atoms with Gasteiger partial charge in [-0.05, 0) is 23.3 Å². The molecule has 1 aromatic heterocycles. The molecule has 13 heavy (non-hydrogen) atoms. The first-order chi connectivity index (χ1) is 6.29. The summed E-state index contributed by atoms with van der Waals surface area (Å²) in [5.41, 5.74) is 0. The van der Waals surface area contributed by atoms with E-state index in [0.717, 1.165) is 25.1 Å². The van der Waals surface area contributed by atoms with Crippen LogP contribution in [0.15, 0.2) is 0 Å². The van der Waals surface area contributed by atoms with Crippen LogP contribution >= 0.6 is 0 Å². The van der Waals surface area contributed by atoms with Crippen LogP contribution in [0, 0.1) is 6.54 Å². The van der Waals surface area contributed by atoms with E-state index in [1.54, 1.807) is 4.68 Å². The normalized spacial score (nSPS) is 13.2. The van der Waals surface area contributed by atoms with Crippen molar-refractivity contribution in [1.29, 1.82) is 0 Å². The Kier molecular flexibility index (Phi) is 3.86. The summed E-state index contributed by atoms with van der Waals surface area (Å²) < 4.78 is 1.80. The molecule has 0 fully saturated rings. The molecule has 1 atom stereocenters. The molecule has 1 heterocycles. The van der Waals surface area contributed by atoms with Crippen LogP contribution in [-0.4, -0.2) is 20.2 Å². The van der Waals surface area contributed by atoms with Crippen LogP contribution in [0.5, 0.6) is 0 Å². The third-order valence-electron chi connectivity index (χ3n) is 2.16. The summed E-state index contributed by atoms with van der Waals surface area (Å²) in [5, 5.41) is 11.6. The highest BCUT2D eigenvalue weighted by Crippen LogP contribution is 2.15. The van der Waals surface area contributed by atoms with Crippen molar-refractivity contribution in [3.8, 4) is 0 Å². The van der Waals surface area contributed by atoms with E-state index in [4.69, 9.17) is 0 Å². The number of hydrogen-bond donors (Lipinski definition) is 0. The Morgan fingerprint density at radius 1 is 1.46 bits per heavy atom. The number of unbranched alkanes of at least 4 members (excludes halogenated alkanes) is 1. The molecule has 0 N–H and O–H groups in total. The van der Waals surface area contributed by atoms with Gasteiger partial charge in [0, 0.05) is 5.92 Å². The summed E-state index contributed by atoms with van der Waals surface area (Å²) in [6, 6.07) is 0. The predicted molar refractivity (Wildman–Crippen MR) is 51.1 cm³/mol. The van der Waals surface area contributed by atoms with Crippen molar-refractivity contribution < 1.29 is 0 Å². The van der Waals surface area contributed by atoms with Gasteiger partial charge in [-0.25, -0.2) is 4.68 Å². The largest absolute Gasteiger partial charge is 0.224 e. The lowest BCUT2D eigenvalue weighted by Crippen LogP contribution is -2.06. The molecule has 1 rings (SSSR count). The highest BCUT2D eigenvalue weighted by atomic mass is 15.5. The van der Waals surface area contributed by atoms with Crippen LogP contribution in [0.1, 0.15) is 51.8 Å². The van der Waals surface area contributed by atoms with Crippen LogP contribution in [-0.2, 0) is 0 Å². The molecular weight excluding hydrogens is 164 g/mol. The van der Waals surface area contributed by atoms with Gasteiger partial charge in [0.25, 0.3) is 0 Å². The fourth-order valence-corrected chi connectivity index (χ4v) is 1.09. The van der Waals surface area contributed by atoms with Gasteiger partial charge in [0.15, 0.2) is 5.82 Å². The summed E-state index contributed by atoms with van der Waals surface area (Å²) in [6.45, 7) is 8.47. The molecule has 0 aliphatic carbocycles. The second kappa shape index (κ2) is 4.94. The predicted octanol–water partition coefficient (Wildman–Crippen LogP) is 2.00. The molecule has 0 spiro atoms. The second-order valence-electron chi connectivity index (χ2n) is 3.26. The summed E-state index contributed by atoms with van der Waals surface area (Å²) >= 11 is 0. The zero-order chi connectivity index (χ0) is 9.68. The standard InChI is InChI=1S/C9H17N4/c1-4-6-7-13-9(8(3)5-2)10-11-12-13/h7-8H,4-6H2,1-3H3. The summed E-state index contributed by atoms with van der Waals surface area (Å²) in [6.07, 6.45) is 3.22. The van der Waals surface area contributed by atoms with Gasteiger partial charge >= 0.3 is 0 Å². The Bertz CT molecular complexity index is 244. The summed E-state index contributed by atoms with van der Waals surface area (Å²) in [5.74, 6) is 1.40. The fraction of sp³-hybridized carbons (Fsp3) is 0.778. The molecule has 1 unspecified atom stereocenters. The van der Waals surface area contributed by atoms with Crippen molar-refractivity contribution >= 4 is 0 Å². The number of rotatable bonds is 5. The molecule has 0 amide bonds. The topological polar surface area (TPSA) is 43.6 Å². The molecule has 0 aliphatic heterocycles. The Morgan fingerprint density at radius 2 is 2.23 bits per heavy atom. The highest BCUT2D eigenvalue weighted by molar-refractivity contribution is 4.93. The van der Waals surface area contributed by atoms with Gasteiger partial charge in [-0.3, -0.25) is 0 Å². The molecule has 0 aliphatic rings. The first-order valence-corrected chi connectivity index (χ1v) is 4.90. The second-order valence-corrected chi connectivity index (χ2v) is 3.26. The molecular formula is C9H17N4. The van der Waals surface area contributed by atoms with Gasteiger partial charge in [-0.2, -0.15) is 0 Å². The quantitative estimate of drug-likeness (QED) is 0.697. The fourth-order valence-electron chi connectivity index (χ4n) is 1.09. The molecule has 0 saturated carbocycles. The third kappa shape index (κ3) is 2.50. The Balaban J connectivity index is 2.65. The van der Waals surface area contributed by atoms with E-state index in [0.29, 0.717) is 5.92 Å². The SMILES string of the molecule is CCC[CH]n1nnnc1C(C)CC. The summed E-state index contributed by atoms with van der Waals surface area (Å²) in [4.78, 5) is 0. The minimum atomic E-state index is 0.433. The van der Waals surface area contributed by atoms with Crippen LogP contribution in [0.25, 0.3) is 0 Å². The van der Waals surface area contributed by atoms with Crippen molar-refractivity contribution in [2.45, 2.75) is 46.0 Å². The van der Waals surface area contributed by atoms with Crippen molar-refractivity contribution in [2.24, 2.45) is 0 Å². The first kappa shape index (κ1) is 10.2. The van der Waals surface area contributed by atoms with Gasteiger partial charge in [0.1, 0.15) is 0 Å². The minimum Gasteiger partial charge on any atom is -0.224 e. The van der Waals surface area contributed by atoms with Crippen molar-refractivity contribution in [2.75, 3.05) is 0 Å². The molecule has 0 aromatic carbocycles. The molecule has 1 aromatic rings. The molecule has 4 heteroatoms. The smallest absolute Gasteiger partial charge is 0.154 e. The number of hydrogen-bond acceptors (Lipinski definition) is 3. The average molecular weight is 181 g/mol. The average Bonchev–Trinajstić information content (AvgIpc) is 2.61. The lowest BCUT2D eigenvalue weighted by molar-refractivity contribution is 0.604. The van der Waals surface area contributed by atoms with E-state index in [-0.39, 0.29) is 0 Å². The molecule has 0 bridgehead atoms. The zero-order valence-corrected chi connectivity index (χ0v) is 8.56.